The van der Waals surface area contributed by atoms with Gasteiger partial charge in [0.1, 0.15) is 0 Å². The number of hydrazine groups is 1. The molecule has 2 nitrogen and oxygen atoms in total. The van der Waals surface area contributed by atoms with E-state index in [1.54, 1.807) is 0 Å². The van der Waals surface area contributed by atoms with E-state index in [-0.39, 0.29) is 0 Å². The van der Waals surface area contributed by atoms with Gasteiger partial charge in [0.2, 0.25) is 0 Å². The van der Waals surface area contributed by atoms with Gasteiger partial charge >= 0.3 is 0 Å². The standard InChI is InChI=1S/C17H23N2/c1-3-9-16-14(6-1)8-5-12-18(16)19-13-11-15-7-2-4-10-17(15)19/h2,4,6-7,10,14,16H,1,3,5,8-9,11-13H2. The van der Waals surface area contributed by atoms with Crippen molar-refractivity contribution in [3.63, 3.8) is 0 Å². The van der Waals surface area contributed by atoms with Gasteiger partial charge in [-0.15, -0.1) is 0 Å². The highest BCUT2D eigenvalue weighted by Gasteiger charge is 2.37. The topological polar surface area (TPSA) is 6.48 Å². The number of nitrogens with zero attached hydrogens (tertiary/aromatic N) is 2. The minimum atomic E-state index is 0.772. The van der Waals surface area contributed by atoms with Crippen LogP contribution in [0.4, 0.5) is 5.69 Å². The summed E-state index contributed by atoms with van der Waals surface area (Å²) in [5.74, 6) is 0.843. The number of hydrogen-bond acceptors (Lipinski definition) is 2. The first-order valence-corrected chi connectivity index (χ1v) is 7.89. The quantitative estimate of drug-likeness (QED) is 0.758. The Hall–Kier alpha value is -1.02. The Morgan fingerprint density at radius 1 is 1.00 bits per heavy atom. The molecule has 2 aliphatic heterocycles. The van der Waals surface area contributed by atoms with Gasteiger partial charge in [0.25, 0.3) is 0 Å². The lowest BCUT2D eigenvalue weighted by atomic mass is 9.79. The summed E-state index contributed by atoms with van der Waals surface area (Å²) in [6.07, 6.45) is 10.7. The summed E-state index contributed by atoms with van der Waals surface area (Å²) >= 11 is 0. The fraction of sp³-hybridized carbons (Fsp3) is 0.588. The molecule has 1 aromatic rings. The molecule has 0 aromatic heterocycles. The minimum Gasteiger partial charge on any atom is -0.305 e. The number of benzene rings is 1. The van der Waals surface area contributed by atoms with Gasteiger partial charge in [-0.3, -0.25) is 0 Å². The van der Waals surface area contributed by atoms with E-state index < -0.39 is 0 Å². The molecule has 2 heteroatoms. The van der Waals surface area contributed by atoms with Crippen LogP contribution in [0.3, 0.4) is 0 Å². The van der Waals surface area contributed by atoms with Crippen LogP contribution in [0.2, 0.25) is 0 Å². The van der Waals surface area contributed by atoms with Crippen molar-refractivity contribution in [3.8, 4) is 0 Å². The van der Waals surface area contributed by atoms with Gasteiger partial charge in [0.05, 0.1) is 5.69 Å². The number of para-hydroxylation sites is 1. The molecule has 1 saturated carbocycles. The molecular weight excluding hydrogens is 232 g/mol. The Labute approximate surface area is 116 Å². The number of hydrogen-bond donors (Lipinski definition) is 0. The van der Waals surface area contributed by atoms with Gasteiger partial charge in [-0.1, -0.05) is 24.6 Å². The van der Waals surface area contributed by atoms with Gasteiger partial charge in [-0.2, -0.15) is 0 Å². The van der Waals surface area contributed by atoms with Gasteiger partial charge in [-0.05, 0) is 56.1 Å². The maximum absolute atomic E-state index is 2.70. The van der Waals surface area contributed by atoms with Crippen LogP contribution in [-0.4, -0.2) is 24.1 Å². The lowest BCUT2D eigenvalue weighted by molar-refractivity contribution is 0.0745. The molecule has 19 heavy (non-hydrogen) atoms. The first-order valence-electron chi connectivity index (χ1n) is 7.89. The molecule has 2 unspecified atom stereocenters. The number of rotatable bonds is 1. The highest BCUT2D eigenvalue weighted by molar-refractivity contribution is 5.57. The molecule has 2 heterocycles. The Kier molecular flexibility index (Phi) is 2.99. The third kappa shape index (κ3) is 1.97. The summed E-state index contributed by atoms with van der Waals surface area (Å²) in [6.45, 7) is 2.44. The van der Waals surface area contributed by atoms with E-state index in [0.29, 0.717) is 0 Å². The first kappa shape index (κ1) is 11.8. The molecule has 0 spiro atoms. The smallest absolute Gasteiger partial charge is 0.0555 e. The van der Waals surface area contributed by atoms with Crippen molar-refractivity contribution in [1.82, 2.24) is 5.01 Å². The van der Waals surface area contributed by atoms with Gasteiger partial charge in [0.15, 0.2) is 0 Å². The Bertz CT molecular complexity index is 454. The first-order chi connectivity index (χ1) is 9.43. The molecule has 0 amide bonds. The summed E-state index contributed by atoms with van der Waals surface area (Å²) in [4.78, 5) is 0. The predicted octanol–water partition coefficient (Wildman–Crippen LogP) is 3.43. The highest BCUT2D eigenvalue weighted by Crippen LogP contribution is 2.38. The van der Waals surface area contributed by atoms with Crippen LogP contribution in [0.15, 0.2) is 24.3 Å². The van der Waals surface area contributed by atoms with Crippen LogP contribution < -0.4 is 5.01 Å². The molecule has 1 radical (unpaired) electrons. The fourth-order valence-electron chi connectivity index (χ4n) is 4.25. The van der Waals surface area contributed by atoms with E-state index in [0.717, 1.165) is 12.0 Å². The second-order valence-electron chi connectivity index (χ2n) is 6.20. The zero-order valence-electron chi connectivity index (χ0n) is 11.6. The van der Waals surface area contributed by atoms with Crippen molar-refractivity contribution in [3.05, 3.63) is 36.2 Å². The van der Waals surface area contributed by atoms with Crippen molar-refractivity contribution in [2.75, 3.05) is 18.1 Å². The maximum Gasteiger partial charge on any atom is 0.0555 e. The van der Waals surface area contributed by atoms with E-state index in [9.17, 15) is 0 Å². The van der Waals surface area contributed by atoms with Crippen LogP contribution in [0.1, 0.15) is 37.7 Å². The third-order valence-corrected chi connectivity index (χ3v) is 5.15. The average Bonchev–Trinajstić information content (AvgIpc) is 2.90. The summed E-state index contributed by atoms with van der Waals surface area (Å²) in [5.41, 5.74) is 3.00. The molecule has 4 rings (SSSR count). The van der Waals surface area contributed by atoms with Crippen LogP contribution in [-0.2, 0) is 6.42 Å². The molecule has 2 fully saturated rings. The third-order valence-electron chi connectivity index (χ3n) is 5.15. The van der Waals surface area contributed by atoms with Crippen LogP contribution in [0.25, 0.3) is 0 Å². The second-order valence-corrected chi connectivity index (χ2v) is 6.20. The molecule has 1 aromatic carbocycles. The zero-order valence-corrected chi connectivity index (χ0v) is 11.6. The van der Waals surface area contributed by atoms with Crippen LogP contribution in [0.5, 0.6) is 0 Å². The molecule has 2 atom stereocenters. The molecule has 0 bridgehead atoms. The Balaban J connectivity index is 1.61. The van der Waals surface area contributed by atoms with Crippen LogP contribution in [0, 0.1) is 12.3 Å². The van der Waals surface area contributed by atoms with Crippen molar-refractivity contribution < 1.29 is 0 Å². The Morgan fingerprint density at radius 3 is 2.95 bits per heavy atom. The fourth-order valence-corrected chi connectivity index (χ4v) is 4.25. The molecule has 3 aliphatic rings. The Morgan fingerprint density at radius 2 is 1.95 bits per heavy atom. The van der Waals surface area contributed by atoms with E-state index in [1.165, 1.54) is 62.9 Å². The van der Waals surface area contributed by atoms with Crippen molar-refractivity contribution >= 4 is 5.69 Å². The number of piperidine rings is 1. The van der Waals surface area contributed by atoms with Crippen molar-refractivity contribution in [2.45, 2.75) is 44.6 Å². The summed E-state index contributed by atoms with van der Waals surface area (Å²) < 4.78 is 0. The van der Waals surface area contributed by atoms with E-state index in [1.807, 2.05) is 0 Å². The lowest BCUT2D eigenvalue weighted by Gasteiger charge is -2.48. The van der Waals surface area contributed by atoms with Crippen molar-refractivity contribution in [1.29, 1.82) is 0 Å². The molecular formula is C17H23N2. The number of anilines is 1. The lowest BCUT2D eigenvalue weighted by Crippen LogP contribution is -2.55. The molecule has 101 valence electrons. The summed E-state index contributed by atoms with van der Waals surface area (Å²) in [5, 5.41) is 5.29. The SMILES string of the molecule is [CH]1CCCC2C1CCCN2N1CCc2ccccc21. The van der Waals surface area contributed by atoms with Crippen LogP contribution >= 0.6 is 0 Å². The minimum absolute atomic E-state index is 0.772. The average molecular weight is 255 g/mol. The zero-order chi connectivity index (χ0) is 12.7. The summed E-state index contributed by atoms with van der Waals surface area (Å²) in [7, 11) is 0. The monoisotopic (exact) mass is 255 g/mol. The predicted molar refractivity (Wildman–Crippen MR) is 78.9 cm³/mol. The largest absolute Gasteiger partial charge is 0.305 e. The van der Waals surface area contributed by atoms with E-state index in [2.05, 4.69) is 40.7 Å². The van der Waals surface area contributed by atoms with E-state index in [4.69, 9.17) is 0 Å². The summed E-state index contributed by atoms with van der Waals surface area (Å²) in [6, 6.07) is 9.73. The maximum atomic E-state index is 2.70. The molecule has 1 aliphatic carbocycles. The highest BCUT2D eigenvalue weighted by atomic mass is 15.6. The molecule has 1 saturated heterocycles. The van der Waals surface area contributed by atoms with Gasteiger partial charge < -0.3 is 5.01 Å². The van der Waals surface area contributed by atoms with Gasteiger partial charge in [0, 0.05) is 19.1 Å². The normalized spacial score (nSPS) is 31.1. The molecule has 0 N–H and O–H groups in total. The second kappa shape index (κ2) is 4.82. The van der Waals surface area contributed by atoms with Crippen molar-refractivity contribution in [2.24, 2.45) is 5.92 Å². The number of fused-ring (bicyclic) bond motifs is 2. The van der Waals surface area contributed by atoms with E-state index >= 15 is 0 Å². The van der Waals surface area contributed by atoms with Gasteiger partial charge in [-0.25, -0.2) is 5.01 Å².